The van der Waals surface area contributed by atoms with E-state index < -0.39 is 6.10 Å². The summed E-state index contributed by atoms with van der Waals surface area (Å²) in [5, 5.41) is 3.66. The Morgan fingerprint density at radius 2 is 1.67 bits per heavy atom. The van der Waals surface area contributed by atoms with Gasteiger partial charge < -0.3 is 10.1 Å². The predicted molar refractivity (Wildman–Crippen MR) is 140 cm³/mol. The van der Waals surface area contributed by atoms with Crippen LogP contribution in [0.1, 0.15) is 60.5 Å². The van der Waals surface area contributed by atoms with Crippen LogP contribution >= 0.6 is 11.6 Å². The van der Waals surface area contributed by atoms with Crippen molar-refractivity contribution in [3.8, 4) is 11.3 Å². The van der Waals surface area contributed by atoms with Gasteiger partial charge in [-0.25, -0.2) is 9.97 Å². The van der Waals surface area contributed by atoms with Crippen LogP contribution in [0.15, 0.2) is 72.8 Å². The Balaban J connectivity index is 1.47. The van der Waals surface area contributed by atoms with Crippen molar-refractivity contribution in [3.05, 3.63) is 94.6 Å². The van der Waals surface area contributed by atoms with E-state index in [2.05, 4.69) is 5.32 Å². The van der Waals surface area contributed by atoms with Gasteiger partial charge in [0.15, 0.2) is 0 Å². The number of nitrogens with zero attached hydrogens (tertiary/aromatic N) is 2. The SMILES string of the molecule is CC(OC(=O)C1CC1)c1nc2cc(C(=O)N[C@H](C)c3ccc(Cl)cc3)ccc2nc1-c1ccccc1. The smallest absolute Gasteiger partial charge is 0.309 e. The van der Waals surface area contributed by atoms with E-state index in [9.17, 15) is 9.59 Å². The second kappa shape index (κ2) is 10.1. The van der Waals surface area contributed by atoms with Crippen molar-refractivity contribution in [2.45, 2.75) is 38.8 Å². The molecule has 1 unspecified atom stereocenters. The van der Waals surface area contributed by atoms with Crippen molar-refractivity contribution in [3.63, 3.8) is 0 Å². The monoisotopic (exact) mass is 499 g/mol. The van der Waals surface area contributed by atoms with Gasteiger partial charge in [0.25, 0.3) is 5.91 Å². The molecule has 1 fully saturated rings. The second-order valence-electron chi connectivity index (χ2n) is 9.13. The number of halogens is 1. The number of rotatable bonds is 7. The van der Waals surface area contributed by atoms with Crippen LogP contribution in [0.4, 0.5) is 0 Å². The molecule has 1 N–H and O–H groups in total. The number of fused-ring (bicyclic) bond motifs is 1. The lowest BCUT2D eigenvalue weighted by atomic mass is 10.1. The Labute approximate surface area is 214 Å². The molecule has 1 aliphatic carbocycles. The molecule has 1 saturated carbocycles. The summed E-state index contributed by atoms with van der Waals surface area (Å²) in [7, 11) is 0. The van der Waals surface area contributed by atoms with Crippen LogP contribution in [0.2, 0.25) is 5.02 Å². The maximum atomic E-state index is 13.0. The van der Waals surface area contributed by atoms with Gasteiger partial charge in [0.2, 0.25) is 0 Å². The molecule has 1 heterocycles. The zero-order chi connectivity index (χ0) is 25.2. The average Bonchev–Trinajstić information content (AvgIpc) is 3.74. The maximum absolute atomic E-state index is 13.0. The summed E-state index contributed by atoms with van der Waals surface area (Å²) < 4.78 is 5.73. The second-order valence-corrected chi connectivity index (χ2v) is 9.56. The van der Waals surface area contributed by atoms with Gasteiger partial charge in [-0.1, -0.05) is 54.1 Å². The molecule has 1 amide bonds. The van der Waals surface area contributed by atoms with Gasteiger partial charge >= 0.3 is 5.97 Å². The number of carbonyl (C=O) groups excluding carboxylic acids is 2. The predicted octanol–water partition coefficient (Wildman–Crippen LogP) is 6.46. The molecule has 0 saturated heterocycles. The highest BCUT2D eigenvalue weighted by molar-refractivity contribution is 6.30. The van der Waals surface area contributed by atoms with Crippen molar-refractivity contribution in [1.82, 2.24) is 15.3 Å². The van der Waals surface area contributed by atoms with Crippen molar-refractivity contribution in [2.24, 2.45) is 5.92 Å². The molecule has 2 atom stereocenters. The highest BCUT2D eigenvalue weighted by Gasteiger charge is 2.33. The topological polar surface area (TPSA) is 81.2 Å². The Bertz CT molecular complexity index is 1420. The summed E-state index contributed by atoms with van der Waals surface area (Å²) in [5.74, 6) is -0.435. The van der Waals surface area contributed by atoms with Crippen molar-refractivity contribution < 1.29 is 14.3 Å². The third-order valence-corrected chi connectivity index (χ3v) is 6.56. The fraction of sp³-hybridized carbons (Fsp3) is 0.241. The van der Waals surface area contributed by atoms with E-state index in [0.29, 0.717) is 33.0 Å². The number of esters is 1. The molecule has 0 bridgehead atoms. The quantitative estimate of drug-likeness (QED) is 0.295. The van der Waals surface area contributed by atoms with Gasteiger partial charge in [0, 0.05) is 16.1 Å². The van der Waals surface area contributed by atoms with Gasteiger partial charge in [-0.2, -0.15) is 0 Å². The van der Waals surface area contributed by atoms with Crippen molar-refractivity contribution in [1.29, 1.82) is 0 Å². The fourth-order valence-corrected chi connectivity index (χ4v) is 4.19. The van der Waals surface area contributed by atoms with Gasteiger partial charge in [-0.15, -0.1) is 0 Å². The van der Waals surface area contributed by atoms with Crippen LogP contribution in [0.25, 0.3) is 22.3 Å². The number of hydrogen-bond donors (Lipinski definition) is 1. The first-order chi connectivity index (χ1) is 17.4. The molecular weight excluding hydrogens is 474 g/mol. The number of nitrogens with one attached hydrogen (secondary N) is 1. The highest BCUT2D eigenvalue weighted by atomic mass is 35.5. The van der Waals surface area contributed by atoms with E-state index in [-0.39, 0.29) is 23.8 Å². The fourth-order valence-electron chi connectivity index (χ4n) is 4.06. The summed E-state index contributed by atoms with van der Waals surface area (Å²) >= 11 is 5.98. The summed E-state index contributed by atoms with van der Waals surface area (Å²) in [6.45, 7) is 3.73. The van der Waals surface area contributed by atoms with Gasteiger partial charge in [-0.05, 0) is 62.6 Å². The molecule has 0 aliphatic heterocycles. The maximum Gasteiger partial charge on any atom is 0.309 e. The minimum absolute atomic E-state index is 0.0148. The largest absolute Gasteiger partial charge is 0.456 e. The van der Waals surface area contributed by atoms with Gasteiger partial charge in [-0.3, -0.25) is 9.59 Å². The molecule has 7 heteroatoms. The van der Waals surface area contributed by atoms with E-state index in [0.717, 1.165) is 24.0 Å². The first-order valence-corrected chi connectivity index (χ1v) is 12.4. The standard InChI is InChI=1S/C29H26ClN3O3/c1-17(19-10-13-23(30)14-11-19)31-28(34)22-12-15-24-25(16-22)33-26(18(2)36-29(35)21-8-9-21)27(32-24)20-6-4-3-5-7-20/h3-7,10-18,21H,8-9H2,1-2H3,(H,31,34)/t17-,18?/m1/s1. The average molecular weight is 500 g/mol. The molecule has 3 aromatic carbocycles. The lowest BCUT2D eigenvalue weighted by Gasteiger charge is -2.17. The minimum Gasteiger partial charge on any atom is -0.456 e. The third-order valence-electron chi connectivity index (χ3n) is 6.31. The molecule has 4 aromatic rings. The number of hydrogen-bond acceptors (Lipinski definition) is 5. The molecule has 5 rings (SSSR count). The molecule has 0 spiro atoms. The zero-order valence-electron chi connectivity index (χ0n) is 20.1. The first-order valence-electron chi connectivity index (χ1n) is 12.0. The molecule has 36 heavy (non-hydrogen) atoms. The zero-order valence-corrected chi connectivity index (χ0v) is 20.8. The Morgan fingerprint density at radius 1 is 0.944 bits per heavy atom. The minimum atomic E-state index is -0.576. The lowest BCUT2D eigenvalue weighted by Crippen LogP contribution is -2.26. The Morgan fingerprint density at radius 3 is 2.36 bits per heavy atom. The number of benzene rings is 3. The number of carbonyl (C=O) groups is 2. The summed E-state index contributed by atoms with van der Waals surface area (Å²) in [4.78, 5) is 35.1. The van der Waals surface area contributed by atoms with E-state index in [1.807, 2.05) is 56.3 Å². The van der Waals surface area contributed by atoms with Crippen LogP contribution in [-0.2, 0) is 9.53 Å². The van der Waals surface area contributed by atoms with E-state index in [4.69, 9.17) is 26.3 Å². The molecule has 1 aliphatic rings. The molecule has 0 radical (unpaired) electrons. The highest BCUT2D eigenvalue weighted by Crippen LogP contribution is 2.34. The summed E-state index contributed by atoms with van der Waals surface area (Å²) in [6, 6.07) is 22.1. The number of ether oxygens (including phenoxy) is 1. The third kappa shape index (κ3) is 5.24. The molecule has 6 nitrogen and oxygen atoms in total. The molecule has 182 valence electrons. The van der Waals surface area contributed by atoms with E-state index in [1.54, 1.807) is 30.3 Å². The van der Waals surface area contributed by atoms with Crippen LogP contribution in [0, 0.1) is 5.92 Å². The number of aromatic nitrogens is 2. The van der Waals surface area contributed by atoms with Gasteiger partial charge in [0.05, 0.1) is 28.7 Å². The van der Waals surface area contributed by atoms with Gasteiger partial charge in [0.1, 0.15) is 11.8 Å². The Kier molecular flexibility index (Phi) is 6.70. The van der Waals surface area contributed by atoms with Crippen LogP contribution in [0.5, 0.6) is 0 Å². The Hall–Kier alpha value is -3.77. The first kappa shape index (κ1) is 23.9. The lowest BCUT2D eigenvalue weighted by molar-refractivity contribution is -0.150. The normalized spacial score (nSPS) is 14.8. The summed E-state index contributed by atoms with van der Waals surface area (Å²) in [6.07, 6.45) is 1.16. The van der Waals surface area contributed by atoms with E-state index >= 15 is 0 Å². The van der Waals surface area contributed by atoms with Crippen molar-refractivity contribution >= 4 is 34.5 Å². The van der Waals surface area contributed by atoms with Crippen molar-refractivity contribution in [2.75, 3.05) is 0 Å². The van der Waals surface area contributed by atoms with E-state index in [1.165, 1.54) is 0 Å². The summed E-state index contributed by atoms with van der Waals surface area (Å²) in [5.41, 5.74) is 4.75. The molecule has 1 aromatic heterocycles. The van der Waals surface area contributed by atoms with Crippen LogP contribution in [0.3, 0.4) is 0 Å². The van der Waals surface area contributed by atoms with Crippen LogP contribution < -0.4 is 5.32 Å². The van der Waals surface area contributed by atoms with Crippen LogP contribution in [-0.4, -0.2) is 21.8 Å². The molecular formula is C29H26ClN3O3. The number of amides is 1.